The highest BCUT2D eigenvalue weighted by Gasteiger charge is 2.16. The normalized spacial score (nSPS) is 10.4. The van der Waals surface area contributed by atoms with Crippen LogP contribution in [0.2, 0.25) is 0 Å². The maximum absolute atomic E-state index is 12.2. The number of rotatable bonds is 12. The minimum Gasteiger partial charge on any atom is -0.481 e. The lowest BCUT2D eigenvalue weighted by atomic mass is 10.2. The number of anilines is 2. The molecule has 4 N–H and O–H groups in total. The fourth-order valence-electron chi connectivity index (χ4n) is 3.05. The zero-order valence-electron chi connectivity index (χ0n) is 18.9. The Morgan fingerprint density at radius 2 is 1.03 bits per heavy atom. The average molecular weight is 494 g/mol. The zero-order valence-corrected chi connectivity index (χ0v) is 18.9. The second-order valence-corrected chi connectivity index (χ2v) is 7.48. The van der Waals surface area contributed by atoms with Gasteiger partial charge in [0.1, 0.15) is 0 Å². The molecule has 0 atom stereocenters. The van der Waals surface area contributed by atoms with Crippen molar-refractivity contribution in [1.29, 1.82) is 0 Å². The number of nitrogens with one attached hydrogen (secondary N) is 2. The second kappa shape index (κ2) is 12.5. The second-order valence-electron chi connectivity index (χ2n) is 7.48. The fourth-order valence-corrected chi connectivity index (χ4v) is 3.05. The molecule has 3 aromatic rings. The van der Waals surface area contributed by atoms with E-state index in [1.807, 2.05) is 0 Å². The van der Waals surface area contributed by atoms with Gasteiger partial charge in [0.05, 0.1) is 23.8 Å². The molecular weight excluding hydrogens is 472 g/mol. The average Bonchev–Trinajstić information content (AvgIpc) is 2.84. The highest BCUT2D eigenvalue weighted by atomic mass is 16.4. The van der Waals surface area contributed by atoms with E-state index in [1.165, 1.54) is 24.8 Å². The van der Waals surface area contributed by atoms with Crippen LogP contribution in [0.25, 0.3) is 22.8 Å². The van der Waals surface area contributed by atoms with Crippen molar-refractivity contribution in [1.82, 2.24) is 30.4 Å². The maximum Gasteiger partial charge on any atom is 0.303 e. The smallest absolute Gasteiger partial charge is 0.303 e. The molecule has 0 unspecified atom stereocenters. The first-order valence-corrected chi connectivity index (χ1v) is 10.8. The molecule has 0 fully saturated rings. The summed E-state index contributed by atoms with van der Waals surface area (Å²) in [5.41, 5.74) is 1.44. The van der Waals surface area contributed by atoms with Crippen LogP contribution in [0.15, 0.2) is 36.9 Å². The van der Waals surface area contributed by atoms with E-state index < -0.39 is 11.9 Å². The van der Waals surface area contributed by atoms with E-state index in [4.69, 9.17) is 10.2 Å². The standard InChI is InChI=1S/C22H22N8O6/c31-17(3-1-5-19(33)34)25-15-11-23-9-7-13(15)21-27-29-22(30-28-21)14-8-10-24-12-16(14)26-18(32)4-2-6-20(35)36/h7-12H,1-6H2,(H,25,31)(H,26,32)(H,33,34)(H,35,36). The molecule has 0 spiro atoms. The van der Waals surface area contributed by atoms with Crippen molar-refractivity contribution in [3.63, 3.8) is 0 Å². The van der Waals surface area contributed by atoms with Crippen molar-refractivity contribution in [2.75, 3.05) is 10.6 Å². The Morgan fingerprint density at radius 3 is 1.39 bits per heavy atom. The predicted octanol–water partition coefficient (Wildman–Crippen LogP) is 1.78. The number of carboxylic acids is 2. The number of pyridine rings is 2. The highest BCUT2D eigenvalue weighted by molar-refractivity contribution is 5.95. The quantitative estimate of drug-likeness (QED) is 0.284. The number of aliphatic carboxylic acids is 2. The summed E-state index contributed by atoms with van der Waals surface area (Å²) in [6.07, 6.45) is 5.95. The van der Waals surface area contributed by atoms with E-state index in [-0.39, 0.29) is 62.0 Å². The highest BCUT2D eigenvalue weighted by Crippen LogP contribution is 2.26. The summed E-state index contributed by atoms with van der Waals surface area (Å²) in [4.78, 5) is 53.6. The van der Waals surface area contributed by atoms with Crippen molar-refractivity contribution >= 4 is 35.1 Å². The molecule has 0 radical (unpaired) electrons. The summed E-state index contributed by atoms with van der Waals surface area (Å²) in [6, 6.07) is 3.14. The van der Waals surface area contributed by atoms with Crippen LogP contribution in [0.5, 0.6) is 0 Å². The zero-order chi connectivity index (χ0) is 25.9. The number of hydrogen-bond acceptors (Lipinski definition) is 10. The molecule has 0 saturated heterocycles. The molecule has 14 heteroatoms. The Labute approximate surface area is 204 Å². The molecule has 0 aliphatic rings. The van der Waals surface area contributed by atoms with Gasteiger partial charge in [0.25, 0.3) is 0 Å². The Balaban J connectivity index is 1.73. The molecule has 3 aromatic heterocycles. The summed E-state index contributed by atoms with van der Waals surface area (Å²) in [5, 5.41) is 39.1. The first kappa shape index (κ1) is 25.7. The molecule has 0 aliphatic carbocycles. The molecule has 0 aromatic carbocycles. The first-order valence-electron chi connectivity index (χ1n) is 10.8. The molecule has 186 valence electrons. The van der Waals surface area contributed by atoms with Gasteiger partial charge in [-0.3, -0.25) is 29.1 Å². The molecule has 0 aliphatic heterocycles. The van der Waals surface area contributed by atoms with Gasteiger partial charge in [-0.2, -0.15) is 0 Å². The minimum absolute atomic E-state index is 0.0176. The van der Waals surface area contributed by atoms with E-state index in [0.29, 0.717) is 22.5 Å². The lowest BCUT2D eigenvalue weighted by Crippen LogP contribution is -2.14. The monoisotopic (exact) mass is 494 g/mol. The van der Waals surface area contributed by atoms with Gasteiger partial charge >= 0.3 is 11.9 Å². The number of carbonyl (C=O) groups excluding carboxylic acids is 2. The Bertz CT molecular complexity index is 1150. The van der Waals surface area contributed by atoms with Crippen molar-refractivity contribution < 1.29 is 29.4 Å². The topological polar surface area (TPSA) is 210 Å². The van der Waals surface area contributed by atoms with Gasteiger partial charge < -0.3 is 20.8 Å². The largest absolute Gasteiger partial charge is 0.481 e. The first-order chi connectivity index (χ1) is 17.3. The Morgan fingerprint density at radius 1 is 0.639 bits per heavy atom. The summed E-state index contributed by atoms with van der Waals surface area (Å²) < 4.78 is 0. The van der Waals surface area contributed by atoms with E-state index in [1.54, 1.807) is 12.1 Å². The van der Waals surface area contributed by atoms with Crippen molar-refractivity contribution in [3.05, 3.63) is 36.9 Å². The number of carbonyl (C=O) groups is 4. The van der Waals surface area contributed by atoms with Crippen LogP contribution in [-0.4, -0.2) is 64.3 Å². The van der Waals surface area contributed by atoms with Crippen LogP contribution in [0.4, 0.5) is 11.4 Å². The van der Waals surface area contributed by atoms with Crippen molar-refractivity contribution in [3.8, 4) is 22.8 Å². The van der Waals surface area contributed by atoms with E-state index in [9.17, 15) is 19.2 Å². The van der Waals surface area contributed by atoms with Gasteiger partial charge in [-0.25, -0.2) is 0 Å². The van der Waals surface area contributed by atoms with Crippen LogP contribution in [-0.2, 0) is 19.2 Å². The van der Waals surface area contributed by atoms with Gasteiger partial charge in [0.15, 0.2) is 0 Å². The molecule has 0 bridgehead atoms. The molecule has 3 rings (SSSR count). The SMILES string of the molecule is O=C(O)CCCC(=O)Nc1cnccc1-c1nnc(-c2ccncc2NC(=O)CCCC(=O)O)nn1. The van der Waals surface area contributed by atoms with Crippen molar-refractivity contribution in [2.45, 2.75) is 38.5 Å². The number of amides is 2. The van der Waals surface area contributed by atoms with Crippen LogP contribution in [0.1, 0.15) is 38.5 Å². The molecular formula is C22H22N8O6. The van der Waals surface area contributed by atoms with Crippen LogP contribution in [0, 0.1) is 0 Å². The van der Waals surface area contributed by atoms with E-state index >= 15 is 0 Å². The molecule has 0 saturated carbocycles. The summed E-state index contributed by atoms with van der Waals surface area (Å²) >= 11 is 0. The third kappa shape index (κ3) is 7.58. The fraction of sp³-hybridized carbons (Fsp3) is 0.273. The predicted molar refractivity (Wildman–Crippen MR) is 124 cm³/mol. The van der Waals surface area contributed by atoms with E-state index in [0.717, 1.165) is 0 Å². The summed E-state index contributed by atoms with van der Waals surface area (Å²) in [7, 11) is 0. The molecule has 3 heterocycles. The summed E-state index contributed by atoms with van der Waals surface area (Å²) in [5.74, 6) is -2.52. The van der Waals surface area contributed by atoms with E-state index in [2.05, 4.69) is 41.0 Å². The molecule has 14 nitrogen and oxygen atoms in total. The number of hydrogen-bond donors (Lipinski definition) is 4. The third-order valence-electron chi connectivity index (χ3n) is 4.74. The van der Waals surface area contributed by atoms with Crippen LogP contribution < -0.4 is 10.6 Å². The number of nitrogens with zero attached hydrogens (tertiary/aromatic N) is 6. The minimum atomic E-state index is -0.981. The van der Waals surface area contributed by atoms with Gasteiger partial charge in [0, 0.05) is 49.2 Å². The van der Waals surface area contributed by atoms with Gasteiger partial charge in [-0.15, -0.1) is 20.4 Å². The van der Waals surface area contributed by atoms with Gasteiger partial charge in [-0.1, -0.05) is 0 Å². The van der Waals surface area contributed by atoms with Crippen LogP contribution in [0.3, 0.4) is 0 Å². The Hall–Kier alpha value is -4.88. The van der Waals surface area contributed by atoms with Crippen LogP contribution >= 0.6 is 0 Å². The molecule has 36 heavy (non-hydrogen) atoms. The maximum atomic E-state index is 12.2. The number of carboxylic acid groups (broad SMARTS) is 2. The lowest BCUT2D eigenvalue weighted by molar-refractivity contribution is -0.138. The summed E-state index contributed by atoms with van der Waals surface area (Å²) in [6.45, 7) is 0. The van der Waals surface area contributed by atoms with Gasteiger partial charge in [-0.05, 0) is 25.0 Å². The van der Waals surface area contributed by atoms with Gasteiger partial charge in [0.2, 0.25) is 23.5 Å². The number of aromatic nitrogens is 6. The molecule has 2 amide bonds. The van der Waals surface area contributed by atoms with Crippen molar-refractivity contribution in [2.24, 2.45) is 0 Å². The lowest BCUT2D eigenvalue weighted by Gasteiger charge is -2.10. The Kier molecular flexibility index (Phi) is 8.97. The third-order valence-corrected chi connectivity index (χ3v) is 4.74.